The third kappa shape index (κ3) is 8.53. The van der Waals surface area contributed by atoms with Gasteiger partial charge in [-0.15, -0.1) is 0 Å². The molecule has 0 bridgehead atoms. The maximum Gasteiger partial charge on any atom is 0.274 e. The van der Waals surface area contributed by atoms with E-state index < -0.39 is 11.9 Å². The van der Waals surface area contributed by atoms with Gasteiger partial charge in [-0.1, -0.05) is 51.0 Å². The minimum Gasteiger partial charge on any atom is -0.497 e. The Hall–Kier alpha value is -5.40. The molecule has 0 aliphatic carbocycles. The molecular weight excluding hydrogens is 688 g/mol. The van der Waals surface area contributed by atoms with Crippen LogP contribution in [0.15, 0.2) is 60.7 Å². The van der Waals surface area contributed by atoms with Gasteiger partial charge in [0.1, 0.15) is 11.4 Å². The Morgan fingerprint density at radius 2 is 1.63 bits per heavy atom. The molecule has 1 aliphatic heterocycles. The Labute approximate surface area is 317 Å². The second-order valence-electron chi connectivity index (χ2n) is 13.4. The molecule has 1 aromatic heterocycles. The molecule has 0 saturated carbocycles. The van der Waals surface area contributed by atoms with E-state index in [0.29, 0.717) is 54.6 Å². The molecule has 3 amide bonds. The summed E-state index contributed by atoms with van der Waals surface area (Å²) in [5.74, 6) is -0.346. The molecule has 0 fully saturated rings. The Balaban J connectivity index is 1.58. The summed E-state index contributed by atoms with van der Waals surface area (Å²) in [5, 5.41) is 19.6. The van der Waals surface area contributed by atoms with Crippen LogP contribution in [0, 0.1) is 6.92 Å². The number of aliphatic hydroxyl groups is 1. The maximum atomic E-state index is 14.7. The monoisotopic (exact) mass is 740 g/mol. The van der Waals surface area contributed by atoms with Gasteiger partial charge in [0.2, 0.25) is 0 Å². The molecule has 0 unspecified atom stereocenters. The Morgan fingerprint density at radius 1 is 0.926 bits per heavy atom. The van der Waals surface area contributed by atoms with E-state index in [1.165, 1.54) is 26.4 Å². The van der Waals surface area contributed by atoms with Gasteiger partial charge in [-0.25, -0.2) is 4.68 Å². The molecule has 1 atom stereocenters. The normalized spacial score (nSPS) is 13.6. The van der Waals surface area contributed by atoms with Crippen molar-refractivity contribution in [3.05, 3.63) is 94.3 Å². The number of amides is 3. The number of aliphatic hydroxyl groups excluding tert-OH is 1. The van der Waals surface area contributed by atoms with Crippen molar-refractivity contribution in [3.63, 3.8) is 0 Å². The summed E-state index contributed by atoms with van der Waals surface area (Å²) in [7, 11) is 6.14. The second-order valence-corrected chi connectivity index (χ2v) is 13.4. The Kier molecular flexibility index (Phi) is 13.3. The number of hydrogen-bond donors (Lipinski definition) is 2. The molecule has 13 nitrogen and oxygen atoms in total. The van der Waals surface area contributed by atoms with E-state index in [0.717, 1.165) is 36.8 Å². The fraction of sp³-hybridized carbons (Fsp3) is 0.415. The highest BCUT2D eigenvalue weighted by Crippen LogP contribution is 2.37. The minimum atomic E-state index is -0.509. The van der Waals surface area contributed by atoms with E-state index >= 15 is 0 Å². The van der Waals surface area contributed by atoms with Gasteiger partial charge >= 0.3 is 0 Å². The average Bonchev–Trinajstić information content (AvgIpc) is 3.59. The van der Waals surface area contributed by atoms with Crippen LogP contribution in [-0.2, 0) is 17.8 Å². The van der Waals surface area contributed by atoms with Gasteiger partial charge in [0.15, 0.2) is 11.4 Å². The highest BCUT2D eigenvalue weighted by Gasteiger charge is 2.32. The van der Waals surface area contributed by atoms with Crippen molar-refractivity contribution in [2.45, 2.75) is 65.5 Å². The lowest BCUT2D eigenvalue weighted by Crippen LogP contribution is -2.46. The summed E-state index contributed by atoms with van der Waals surface area (Å²) in [5.41, 5.74) is 4.68. The first-order valence-electron chi connectivity index (χ1n) is 18.4. The number of methoxy groups -OCH3 is 2. The average molecular weight is 741 g/mol. The predicted molar refractivity (Wildman–Crippen MR) is 208 cm³/mol. The number of nitrogens with one attached hydrogen (secondary N) is 1. The lowest BCUT2D eigenvalue weighted by Gasteiger charge is -2.36. The van der Waals surface area contributed by atoms with E-state index in [2.05, 4.69) is 19.2 Å². The quantitative estimate of drug-likeness (QED) is 0.132. The molecular formula is C41H52N6O7. The zero-order chi connectivity index (χ0) is 38.9. The fourth-order valence-electron chi connectivity index (χ4n) is 6.73. The van der Waals surface area contributed by atoms with Gasteiger partial charge in [-0.05, 0) is 67.6 Å². The molecule has 1 aliphatic rings. The van der Waals surface area contributed by atoms with Gasteiger partial charge in [0.05, 0.1) is 50.8 Å². The van der Waals surface area contributed by atoms with Crippen molar-refractivity contribution >= 4 is 29.1 Å². The molecule has 2 heterocycles. The SMILES string of the molecule is CCCCN(CCCC)C(=O)c1cc(C)n(-c2ccc(NC(=O)c3cc(OC)cc(N(C)OC)c3OC)cc2C(=O)N2Cc3ccccc3C[C@H]2CO)n1. The molecule has 54 heavy (non-hydrogen) atoms. The summed E-state index contributed by atoms with van der Waals surface area (Å²) < 4.78 is 12.7. The summed E-state index contributed by atoms with van der Waals surface area (Å²) in [6, 6.07) is 17.4. The number of benzene rings is 3. The first-order valence-corrected chi connectivity index (χ1v) is 18.4. The molecule has 13 heteroatoms. The van der Waals surface area contributed by atoms with E-state index in [4.69, 9.17) is 19.4 Å². The first-order chi connectivity index (χ1) is 26.1. The highest BCUT2D eigenvalue weighted by molar-refractivity contribution is 6.09. The number of ether oxygens (including phenoxy) is 2. The number of nitrogens with zero attached hydrogens (tertiary/aromatic N) is 5. The predicted octanol–water partition coefficient (Wildman–Crippen LogP) is 6.05. The number of carbonyl (C=O) groups excluding carboxylic acids is 3. The van der Waals surface area contributed by atoms with Crippen LogP contribution < -0.4 is 19.9 Å². The number of carbonyl (C=O) groups is 3. The Bertz CT molecular complexity index is 1950. The first kappa shape index (κ1) is 39.8. The van der Waals surface area contributed by atoms with E-state index in [1.807, 2.05) is 36.1 Å². The minimum absolute atomic E-state index is 0.158. The smallest absolute Gasteiger partial charge is 0.274 e. The molecule has 0 saturated heterocycles. The second kappa shape index (κ2) is 18.1. The van der Waals surface area contributed by atoms with Crippen molar-refractivity contribution in [1.82, 2.24) is 19.6 Å². The van der Waals surface area contributed by atoms with Crippen LogP contribution in [0.5, 0.6) is 11.5 Å². The van der Waals surface area contributed by atoms with Crippen LogP contribution in [0.1, 0.15) is 87.6 Å². The van der Waals surface area contributed by atoms with Crippen LogP contribution >= 0.6 is 0 Å². The maximum absolute atomic E-state index is 14.7. The van der Waals surface area contributed by atoms with Gasteiger partial charge in [0, 0.05) is 44.1 Å². The Morgan fingerprint density at radius 3 is 2.26 bits per heavy atom. The van der Waals surface area contributed by atoms with Gasteiger partial charge in [-0.3, -0.25) is 24.3 Å². The van der Waals surface area contributed by atoms with Crippen molar-refractivity contribution in [2.24, 2.45) is 0 Å². The van der Waals surface area contributed by atoms with Crippen LogP contribution in [0.3, 0.4) is 0 Å². The van der Waals surface area contributed by atoms with E-state index in [-0.39, 0.29) is 41.0 Å². The van der Waals surface area contributed by atoms with Crippen LogP contribution in [0.2, 0.25) is 0 Å². The molecule has 3 aromatic carbocycles. The third-order valence-corrected chi connectivity index (χ3v) is 9.84. The summed E-state index contributed by atoms with van der Waals surface area (Å²) in [6.07, 6.45) is 4.19. The molecule has 288 valence electrons. The molecule has 2 N–H and O–H groups in total. The van der Waals surface area contributed by atoms with Crippen LogP contribution in [-0.4, -0.2) is 96.5 Å². The van der Waals surface area contributed by atoms with Crippen LogP contribution in [0.4, 0.5) is 11.4 Å². The molecule has 5 rings (SSSR count). The molecule has 0 spiro atoms. The number of rotatable bonds is 16. The lowest BCUT2D eigenvalue weighted by atomic mass is 9.93. The van der Waals surface area contributed by atoms with Crippen molar-refractivity contribution in [2.75, 3.05) is 58.5 Å². The molecule has 0 radical (unpaired) electrons. The van der Waals surface area contributed by atoms with Gasteiger partial charge in [-0.2, -0.15) is 5.10 Å². The van der Waals surface area contributed by atoms with Gasteiger partial charge < -0.3 is 29.7 Å². The summed E-state index contributed by atoms with van der Waals surface area (Å²) in [4.78, 5) is 51.4. The zero-order valence-corrected chi connectivity index (χ0v) is 32.3. The zero-order valence-electron chi connectivity index (χ0n) is 32.3. The number of fused-ring (bicyclic) bond motifs is 1. The number of aromatic nitrogens is 2. The number of hydrogen-bond acceptors (Lipinski definition) is 9. The van der Waals surface area contributed by atoms with Gasteiger partial charge in [0.25, 0.3) is 17.7 Å². The highest BCUT2D eigenvalue weighted by atomic mass is 16.7. The fourth-order valence-corrected chi connectivity index (χ4v) is 6.73. The number of anilines is 2. The number of hydroxylamine groups is 1. The van der Waals surface area contributed by atoms with E-state index in [9.17, 15) is 19.5 Å². The van der Waals surface area contributed by atoms with Crippen LogP contribution in [0.25, 0.3) is 5.69 Å². The molecule has 4 aromatic rings. The standard InChI is InChI=1S/C41H52N6O7/c1-8-10-18-45(19-11-9-2)41(51)35-20-27(3)47(43-35)36-17-16-30(42-39(49)34-23-32(52-5)24-37(38(34)53-6)44(4)54-7)22-33(36)40(50)46-25-29-15-13-12-14-28(29)21-31(46)26-48/h12-17,20,22-24,31,48H,8-11,18-19,21,25-26H2,1-7H3,(H,42,49)/t31-/m0/s1. The lowest BCUT2D eigenvalue weighted by molar-refractivity contribution is 0.0544. The van der Waals surface area contributed by atoms with E-state index in [1.54, 1.807) is 53.0 Å². The summed E-state index contributed by atoms with van der Waals surface area (Å²) >= 11 is 0. The number of unbranched alkanes of at least 4 members (excludes halogenated alkanes) is 2. The topological polar surface area (TPSA) is 139 Å². The summed E-state index contributed by atoms with van der Waals surface area (Å²) in [6.45, 7) is 7.37. The van der Waals surface area contributed by atoms with Crippen molar-refractivity contribution in [1.29, 1.82) is 0 Å². The largest absolute Gasteiger partial charge is 0.497 e. The van der Waals surface area contributed by atoms with Crippen molar-refractivity contribution in [3.8, 4) is 17.2 Å². The third-order valence-electron chi connectivity index (χ3n) is 9.84. The number of aryl methyl sites for hydroxylation is 1. The van der Waals surface area contributed by atoms with Crippen molar-refractivity contribution < 1.29 is 33.8 Å².